The molecule has 4 unspecified atom stereocenters. The molecule has 4 atom stereocenters. The lowest BCUT2D eigenvalue weighted by atomic mass is 9.68. The number of hydrogen-bond donors (Lipinski definition) is 3. The Kier molecular flexibility index (Phi) is 3.33. The van der Waals surface area contributed by atoms with Gasteiger partial charge in [0.05, 0.1) is 6.10 Å². The van der Waals surface area contributed by atoms with Crippen LogP contribution in [0.5, 0.6) is 0 Å². The average molecular weight is 213 g/mol. The first-order valence-corrected chi connectivity index (χ1v) is 6.30. The fourth-order valence-electron chi connectivity index (χ4n) is 3.40. The van der Waals surface area contributed by atoms with Gasteiger partial charge in [-0.1, -0.05) is 19.3 Å². The minimum absolute atomic E-state index is 0.113. The highest BCUT2D eigenvalue weighted by Gasteiger charge is 2.43. The molecule has 0 radical (unpaired) electrons. The Morgan fingerprint density at radius 1 is 1.00 bits per heavy atom. The monoisotopic (exact) mass is 213 g/mol. The molecule has 2 rings (SSSR count). The number of nitrogens with two attached hydrogens (primary N) is 1. The Morgan fingerprint density at radius 3 is 2.33 bits per heavy atom. The van der Waals surface area contributed by atoms with Crippen molar-refractivity contribution in [3.8, 4) is 0 Å². The van der Waals surface area contributed by atoms with E-state index in [1.165, 1.54) is 6.42 Å². The van der Waals surface area contributed by atoms with E-state index in [0.29, 0.717) is 6.42 Å². The van der Waals surface area contributed by atoms with E-state index in [-0.39, 0.29) is 17.9 Å². The summed E-state index contributed by atoms with van der Waals surface area (Å²) in [5, 5.41) is 20.2. The highest BCUT2D eigenvalue weighted by Crippen LogP contribution is 2.41. The fourth-order valence-corrected chi connectivity index (χ4v) is 3.40. The van der Waals surface area contributed by atoms with Gasteiger partial charge in [-0.25, -0.2) is 0 Å². The van der Waals surface area contributed by atoms with Crippen LogP contribution in [-0.4, -0.2) is 22.0 Å². The summed E-state index contributed by atoms with van der Waals surface area (Å²) in [5.74, 6) is 0.343. The highest BCUT2D eigenvalue weighted by atomic mass is 16.3. The number of aliphatic hydroxyl groups is 2. The Morgan fingerprint density at radius 2 is 1.67 bits per heavy atom. The smallest absolute Gasteiger partial charge is 0.116 e. The van der Waals surface area contributed by atoms with E-state index >= 15 is 0 Å². The van der Waals surface area contributed by atoms with Gasteiger partial charge < -0.3 is 15.9 Å². The van der Waals surface area contributed by atoms with E-state index in [9.17, 15) is 10.2 Å². The van der Waals surface area contributed by atoms with Gasteiger partial charge in [0.1, 0.15) is 5.72 Å². The summed E-state index contributed by atoms with van der Waals surface area (Å²) < 4.78 is 0. The van der Waals surface area contributed by atoms with Crippen LogP contribution in [0.3, 0.4) is 0 Å². The van der Waals surface area contributed by atoms with Gasteiger partial charge >= 0.3 is 0 Å². The molecular weight excluding hydrogens is 190 g/mol. The molecule has 3 heteroatoms. The second-order valence-electron chi connectivity index (χ2n) is 5.36. The van der Waals surface area contributed by atoms with Crippen LogP contribution in [0.25, 0.3) is 0 Å². The van der Waals surface area contributed by atoms with E-state index < -0.39 is 5.72 Å². The normalized spacial score (nSPS) is 47.8. The summed E-state index contributed by atoms with van der Waals surface area (Å²) in [5.41, 5.74) is 4.93. The van der Waals surface area contributed by atoms with Crippen LogP contribution < -0.4 is 5.73 Å². The molecule has 0 aromatic rings. The first kappa shape index (κ1) is 11.4. The van der Waals surface area contributed by atoms with Gasteiger partial charge in [-0.3, -0.25) is 0 Å². The van der Waals surface area contributed by atoms with Gasteiger partial charge in [0.2, 0.25) is 0 Å². The third-order valence-electron chi connectivity index (χ3n) is 4.28. The second kappa shape index (κ2) is 4.40. The minimum atomic E-state index is -1.03. The molecule has 0 aromatic carbocycles. The molecule has 0 heterocycles. The minimum Gasteiger partial charge on any atom is -0.393 e. The predicted octanol–water partition coefficient (Wildman–Crippen LogP) is 1.37. The van der Waals surface area contributed by atoms with Crippen LogP contribution in [0.15, 0.2) is 0 Å². The Bertz CT molecular complexity index is 218. The largest absolute Gasteiger partial charge is 0.393 e. The third-order valence-corrected chi connectivity index (χ3v) is 4.28. The van der Waals surface area contributed by atoms with Gasteiger partial charge in [0, 0.05) is 5.92 Å². The summed E-state index contributed by atoms with van der Waals surface area (Å²) in [6.07, 6.45) is 7.82. The molecule has 2 fully saturated rings. The van der Waals surface area contributed by atoms with Crippen LogP contribution in [0, 0.1) is 11.8 Å². The summed E-state index contributed by atoms with van der Waals surface area (Å²) in [6.45, 7) is 0. The van der Waals surface area contributed by atoms with Gasteiger partial charge in [0.25, 0.3) is 0 Å². The Labute approximate surface area is 91.7 Å². The van der Waals surface area contributed by atoms with Gasteiger partial charge in [-0.05, 0) is 38.0 Å². The molecule has 4 N–H and O–H groups in total. The van der Waals surface area contributed by atoms with Gasteiger partial charge in [-0.15, -0.1) is 0 Å². The summed E-state index contributed by atoms with van der Waals surface area (Å²) in [4.78, 5) is 0. The van der Waals surface area contributed by atoms with Crippen molar-refractivity contribution in [1.82, 2.24) is 0 Å². The molecule has 0 bridgehead atoms. The first-order valence-electron chi connectivity index (χ1n) is 6.30. The maximum atomic E-state index is 10.2. The lowest BCUT2D eigenvalue weighted by Gasteiger charge is -2.44. The number of aliphatic hydroxyl groups excluding tert-OH is 1. The van der Waals surface area contributed by atoms with Crippen LogP contribution in [0.4, 0.5) is 0 Å². The lowest BCUT2D eigenvalue weighted by molar-refractivity contribution is -0.0997. The second-order valence-corrected chi connectivity index (χ2v) is 5.36. The van der Waals surface area contributed by atoms with Crippen molar-refractivity contribution >= 4 is 0 Å². The fraction of sp³-hybridized carbons (Fsp3) is 1.00. The first-order chi connectivity index (χ1) is 7.11. The van der Waals surface area contributed by atoms with Crippen LogP contribution >= 0.6 is 0 Å². The van der Waals surface area contributed by atoms with Crippen LogP contribution in [-0.2, 0) is 0 Å². The van der Waals surface area contributed by atoms with Crippen molar-refractivity contribution in [2.24, 2.45) is 17.6 Å². The lowest BCUT2D eigenvalue weighted by Crippen LogP contribution is -2.54. The average Bonchev–Trinajstić information content (AvgIpc) is 2.19. The maximum absolute atomic E-state index is 10.2. The van der Waals surface area contributed by atoms with Crippen molar-refractivity contribution in [2.75, 3.05) is 0 Å². The highest BCUT2D eigenvalue weighted by molar-refractivity contribution is 4.92. The molecule has 0 spiro atoms. The predicted molar refractivity (Wildman–Crippen MR) is 59.1 cm³/mol. The van der Waals surface area contributed by atoms with Gasteiger partial charge in [-0.2, -0.15) is 0 Å². The summed E-state index contributed by atoms with van der Waals surface area (Å²) in [7, 11) is 0. The van der Waals surface area contributed by atoms with E-state index in [2.05, 4.69) is 0 Å². The van der Waals surface area contributed by atoms with Crippen molar-refractivity contribution < 1.29 is 10.2 Å². The molecule has 0 aromatic heterocycles. The zero-order valence-electron chi connectivity index (χ0n) is 9.36. The van der Waals surface area contributed by atoms with Crippen LogP contribution in [0.1, 0.15) is 51.4 Å². The van der Waals surface area contributed by atoms with E-state index in [4.69, 9.17) is 5.73 Å². The van der Waals surface area contributed by atoms with E-state index in [0.717, 1.165) is 38.5 Å². The molecule has 15 heavy (non-hydrogen) atoms. The maximum Gasteiger partial charge on any atom is 0.116 e. The molecule has 2 saturated carbocycles. The zero-order valence-corrected chi connectivity index (χ0v) is 9.36. The molecule has 2 aliphatic carbocycles. The van der Waals surface area contributed by atoms with Crippen molar-refractivity contribution in [2.45, 2.75) is 63.2 Å². The Balaban J connectivity index is 2.06. The summed E-state index contributed by atoms with van der Waals surface area (Å²) >= 11 is 0. The van der Waals surface area contributed by atoms with Crippen LogP contribution in [0.2, 0.25) is 0 Å². The van der Waals surface area contributed by atoms with Crippen molar-refractivity contribution in [3.05, 3.63) is 0 Å². The Hall–Kier alpha value is -0.120. The third kappa shape index (κ3) is 2.35. The topological polar surface area (TPSA) is 66.5 Å². The molecule has 2 aliphatic rings. The van der Waals surface area contributed by atoms with E-state index in [1.807, 2.05) is 0 Å². The van der Waals surface area contributed by atoms with Crippen molar-refractivity contribution in [3.63, 3.8) is 0 Å². The molecule has 88 valence electrons. The number of rotatable bonds is 1. The van der Waals surface area contributed by atoms with Gasteiger partial charge in [0.15, 0.2) is 0 Å². The van der Waals surface area contributed by atoms with E-state index in [1.54, 1.807) is 0 Å². The zero-order chi connectivity index (χ0) is 10.9. The summed E-state index contributed by atoms with van der Waals surface area (Å²) in [6, 6.07) is 0. The van der Waals surface area contributed by atoms with Crippen molar-refractivity contribution in [1.29, 1.82) is 0 Å². The molecule has 0 saturated heterocycles. The standard InChI is InChI=1S/C12H23NO2/c13-12(15)8-4-3-6-10(12)9-5-1-2-7-11(9)14/h9-11,14-15H,1-8,13H2. The molecule has 0 aliphatic heterocycles. The molecule has 3 nitrogen and oxygen atoms in total. The SMILES string of the molecule is NC1(O)CCCCC1C1CCCCC1O. The quantitative estimate of drug-likeness (QED) is 0.576. The number of hydrogen-bond acceptors (Lipinski definition) is 3. The molecule has 0 amide bonds. The molecular formula is C12H23NO2.